The first kappa shape index (κ1) is 13.1. The fourth-order valence-corrected chi connectivity index (χ4v) is 1.85. The van der Waals surface area contributed by atoms with Crippen molar-refractivity contribution in [1.82, 2.24) is 4.90 Å². The van der Waals surface area contributed by atoms with Crippen molar-refractivity contribution in [2.75, 3.05) is 13.7 Å². The first-order valence-electron chi connectivity index (χ1n) is 5.99. The summed E-state index contributed by atoms with van der Waals surface area (Å²) in [4.78, 5) is 24.7. The Hall–Kier alpha value is -2.30. The van der Waals surface area contributed by atoms with E-state index in [0.717, 1.165) is 5.56 Å². The molecule has 1 aliphatic heterocycles. The van der Waals surface area contributed by atoms with Gasteiger partial charge in [-0.05, 0) is 12.0 Å². The molecule has 0 aliphatic carbocycles. The van der Waals surface area contributed by atoms with Gasteiger partial charge >= 0.3 is 12.1 Å². The number of carbonyl (C=O) groups is 2. The van der Waals surface area contributed by atoms with Crippen LogP contribution in [-0.4, -0.2) is 30.6 Å². The van der Waals surface area contributed by atoms with Crippen molar-refractivity contribution in [3.05, 3.63) is 47.7 Å². The summed E-state index contributed by atoms with van der Waals surface area (Å²) >= 11 is 0. The van der Waals surface area contributed by atoms with Gasteiger partial charge in [0.15, 0.2) is 0 Å². The molecule has 0 atom stereocenters. The second-order valence-corrected chi connectivity index (χ2v) is 4.06. The third-order valence-corrected chi connectivity index (χ3v) is 2.80. The molecule has 0 radical (unpaired) electrons. The van der Waals surface area contributed by atoms with Crippen LogP contribution in [0.3, 0.4) is 0 Å². The lowest BCUT2D eigenvalue weighted by molar-refractivity contribution is -0.137. The summed E-state index contributed by atoms with van der Waals surface area (Å²) < 4.78 is 9.80. The zero-order chi connectivity index (χ0) is 13.7. The number of ether oxygens (including phenoxy) is 2. The summed E-state index contributed by atoms with van der Waals surface area (Å²) in [7, 11) is 1.29. The molecule has 0 saturated heterocycles. The van der Waals surface area contributed by atoms with Crippen LogP contribution in [0.1, 0.15) is 12.0 Å². The minimum Gasteiger partial charge on any atom is -0.464 e. The molecule has 19 heavy (non-hydrogen) atoms. The Bertz CT molecular complexity index is 495. The maximum Gasteiger partial charge on any atom is 0.414 e. The second-order valence-electron chi connectivity index (χ2n) is 4.06. The SMILES string of the molecule is COC(=O)C1=CCCN1C(=O)OCc1ccccc1. The van der Waals surface area contributed by atoms with E-state index in [-0.39, 0.29) is 12.3 Å². The summed E-state index contributed by atoms with van der Waals surface area (Å²) in [5.74, 6) is -0.519. The Morgan fingerprint density at radius 3 is 2.68 bits per heavy atom. The highest BCUT2D eigenvalue weighted by Crippen LogP contribution is 2.18. The summed E-state index contributed by atoms with van der Waals surface area (Å²) in [5, 5.41) is 0. The number of nitrogens with zero attached hydrogens (tertiary/aromatic N) is 1. The molecule has 0 aromatic heterocycles. The van der Waals surface area contributed by atoms with Crippen molar-refractivity contribution in [2.24, 2.45) is 0 Å². The van der Waals surface area contributed by atoms with E-state index < -0.39 is 12.1 Å². The Kier molecular flexibility index (Phi) is 4.18. The minimum absolute atomic E-state index is 0.185. The maximum atomic E-state index is 11.9. The quantitative estimate of drug-likeness (QED) is 0.782. The molecule has 1 heterocycles. The van der Waals surface area contributed by atoms with Gasteiger partial charge in [-0.2, -0.15) is 0 Å². The molecule has 0 fully saturated rings. The van der Waals surface area contributed by atoms with Crippen molar-refractivity contribution in [2.45, 2.75) is 13.0 Å². The van der Waals surface area contributed by atoms with Crippen LogP contribution >= 0.6 is 0 Å². The monoisotopic (exact) mass is 261 g/mol. The van der Waals surface area contributed by atoms with Gasteiger partial charge in [-0.1, -0.05) is 36.4 Å². The Morgan fingerprint density at radius 2 is 2.00 bits per heavy atom. The topological polar surface area (TPSA) is 55.8 Å². The van der Waals surface area contributed by atoms with E-state index in [2.05, 4.69) is 4.74 Å². The number of benzene rings is 1. The van der Waals surface area contributed by atoms with E-state index in [0.29, 0.717) is 13.0 Å². The number of amides is 1. The zero-order valence-electron chi connectivity index (χ0n) is 10.7. The molecule has 1 amide bonds. The third kappa shape index (κ3) is 3.13. The Labute approximate surface area is 111 Å². The van der Waals surface area contributed by atoms with E-state index in [9.17, 15) is 9.59 Å². The molecule has 1 aromatic rings. The summed E-state index contributed by atoms with van der Waals surface area (Å²) in [6.45, 7) is 0.628. The smallest absolute Gasteiger partial charge is 0.414 e. The average molecular weight is 261 g/mol. The van der Waals surface area contributed by atoms with Crippen LogP contribution in [0.15, 0.2) is 42.1 Å². The van der Waals surface area contributed by atoms with Gasteiger partial charge in [-0.25, -0.2) is 9.59 Å². The number of rotatable bonds is 3. The van der Waals surface area contributed by atoms with Crippen LogP contribution in [-0.2, 0) is 20.9 Å². The van der Waals surface area contributed by atoms with Crippen LogP contribution in [0.2, 0.25) is 0 Å². The molecule has 0 saturated carbocycles. The van der Waals surface area contributed by atoms with E-state index >= 15 is 0 Å². The van der Waals surface area contributed by atoms with Gasteiger partial charge in [0.25, 0.3) is 0 Å². The van der Waals surface area contributed by atoms with Gasteiger partial charge < -0.3 is 9.47 Å². The predicted molar refractivity (Wildman–Crippen MR) is 68.0 cm³/mol. The highest BCUT2D eigenvalue weighted by Gasteiger charge is 2.28. The molecule has 0 spiro atoms. The number of carbonyl (C=O) groups excluding carboxylic acids is 2. The lowest BCUT2D eigenvalue weighted by Gasteiger charge is -2.18. The van der Waals surface area contributed by atoms with Crippen molar-refractivity contribution in [3.8, 4) is 0 Å². The molecule has 0 N–H and O–H groups in total. The molecule has 2 rings (SSSR count). The molecule has 0 unspecified atom stereocenters. The van der Waals surface area contributed by atoms with E-state index in [1.165, 1.54) is 12.0 Å². The van der Waals surface area contributed by atoms with Crippen LogP contribution in [0.25, 0.3) is 0 Å². The molecule has 1 aromatic carbocycles. The van der Waals surface area contributed by atoms with Gasteiger partial charge in [0.2, 0.25) is 0 Å². The van der Waals surface area contributed by atoms with Crippen molar-refractivity contribution < 1.29 is 19.1 Å². The molecular formula is C14H15NO4. The molecule has 0 bridgehead atoms. The minimum atomic E-state index is -0.530. The summed E-state index contributed by atoms with van der Waals surface area (Å²) in [6.07, 6.45) is 1.78. The van der Waals surface area contributed by atoms with Crippen molar-refractivity contribution in [1.29, 1.82) is 0 Å². The molecule has 5 heteroatoms. The molecule has 100 valence electrons. The largest absolute Gasteiger partial charge is 0.464 e. The van der Waals surface area contributed by atoms with E-state index in [4.69, 9.17) is 4.74 Å². The van der Waals surface area contributed by atoms with Gasteiger partial charge in [0.1, 0.15) is 12.3 Å². The second kappa shape index (κ2) is 6.04. The number of hydrogen-bond donors (Lipinski definition) is 0. The van der Waals surface area contributed by atoms with Crippen LogP contribution in [0, 0.1) is 0 Å². The number of hydrogen-bond acceptors (Lipinski definition) is 4. The summed E-state index contributed by atoms with van der Waals surface area (Å²) in [5.41, 5.74) is 1.15. The first-order chi connectivity index (χ1) is 9.22. The lowest BCUT2D eigenvalue weighted by Crippen LogP contribution is -2.32. The number of methoxy groups -OCH3 is 1. The van der Waals surface area contributed by atoms with Crippen LogP contribution in [0.5, 0.6) is 0 Å². The first-order valence-corrected chi connectivity index (χ1v) is 5.99. The maximum absolute atomic E-state index is 11.9. The third-order valence-electron chi connectivity index (χ3n) is 2.80. The lowest BCUT2D eigenvalue weighted by atomic mass is 10.2. The van der Waals surface area contributed by atoms with Crippen molar-refractivity contribution >= 4 is 12.1 Å². The Morgan fingerprint density at radius 1 is 1.26 bits per heavy atom. The zero-order valence-corrected chi connectivity index (χ0v) is 10.7. The molecule has 5 nitrogen and oxygen atoms in total. The van der Waals surface area contributed by atoms with E-state index in [1.807, 2.05) is 30.3 Å². The number of esters is 1. The van der Waals surface area contributed by atoms with Crippen LogP contribution < -0.4 is 0 Å². The Balaban J connectivity index is 1.93. The highest BCUT2D eigenvalue weighted by atomic mass is 16.6. The summed E-state index contributed by atoms with van der Waals surface area (Å²) in [6, 6.07) is 9.38. The standard InChI is InChI=1S/C14H15NO4/c1-18-13(16)12-8-5-9-15(12)14(17)19-10-11-6-3-2-4-7-11/h2-4,6-8H,5,9-10H2,1H3. The van der Waals surface area contributed by atoms with Gasteiger partial charge in [-0.15, -0.1) is 0 Å². The average Bonchev–Trinajstić information content (AvgIpc) is 2.94. The van der Waals surface area contributed by atoms with Crippen LogP contribution in [0.4, 0.5) is 4.79 Å². The van der Waals surface area contributed by atoms with Crippen molar-refractivity contribution in [3.63, 3.8) is 0 Å². The van der Waals surface area contributed by atoms with Gasteiger partial charge in [0.05, 0.1) is 7.11 Å². The predicted octanol–water partition coefficient (Wildman–Crippen LogP) is 2.09. The molecular weight excluding hydrogens is 246 g/mol. The van der Waals surface area contributed by atoms with E-state index in [1.54, 1.807) is 6.08 Å². The normalized spacial score (nSPS) is 13.9. The van der Waals surface area contributed by atoms with Gasteiger partial charge in [0, 0.05) is 6.54 Å². The van der Waals surface area contributed by atoms with Gasteiger partial charge in [-0.3, -0.25) is 4.90 Å². The highest BCUT2D eigenvalue weighted by molar-refractivity contribution is 5.92. The fraction of sp³-hybridized carbons (Fsp3) is 0.286. The molecule has 1 aliphatic rings. The fourth-order valence-electron chi connectivity index (χ4n) is 1.85.